The number of carbonyl (C=O) groups is 1. The van der Waals surface area contributed by atoms with Crippen molar-refractivity contribution < 1.29 is 4.79 Å². The van der Waals surface area contributed by atoms with Crippen molar-refractivity contribution in [3.8, 4) is 0 Å². The van der Waals surface area contributed by atoms with Crippen LogP contribution in [0.25, 0.3) is 0 Å². The molecule has 0 aromatic carbocycles. The number of nitrogens with two attached hydrogens (primary N) is 1. The number of halogens is 1. The SMILES string of the molecule is Cn1ccc(CCNC(=O)c2cnc(NN)c(Cl)c2)n1. The quantitative estimate of drug-likeness (QED) is 0.558. The van der Waals surface area contributed by atoms with Gasteiger partial charge in [-0.15, -0.1) is 0 Å². The Bertz CT molecular complexity index is 612. The van der Waals surface area contributed by atoms with Crippen LogP contribution in [0, 0.1) is 0 Å². The minimum atomic E-state index is -0.237. The van der Waals surface area contributed by atoms with Gasteiger partial charge in [0.25, 0.3) is 5.91 Å². The second kappa shape index (κ2) is 6.36. The Morgan fingerprint density at radius 1 is 1.55 bits per heavy atom. The maximum absolute atomic E-state index is 11.9. The summed E-state index contributed by atoms with van der Waals surface area (Å²) in [6.45, 7) is 0.490. The summed E-state index contributed by atoms with van der Waals surface area (Å²) in [7, 11) is 1.85. The Morgan fingerprint density at radius 3 is 2.95 bits per heavy atom. The van der Waals surface area contributed by atoms with Gasteiger partial charge in [0.2, 0.25) is 0 Å². The largest absolute Gasteiger partial charge is 0.352 e. The number of aryl methyl sites for hydroxylation is 1. The monoisotopic (exact) mass is 294 g/mol. The number of nitrogens with one attached hydrogen (secondary N) is 2. The number of rotatable bonds is 5. The number of nitrogens with zero attached hydrogens (tertiary/aromatic N) is 3. The summed E-state index contributed by atoms with van der Waals surface area (Å²) in [6, 6.07) is 3.42. The summed E-state index contributed by atoms with van der Waals surface area (Å²) in [5.74, 6) is 5.31. The second-order valence-corrected chi connectivity index (χ2v) is 4.59. The molecule has 4 N–H and O–H groups in total. The molecule has 0 atom stereocenters. The minimum absolute atomic E-state index is 0.237. The van der Waals surface area contributed by atoms with Crippen molar-refractivity contribution in [3.63, 3.8) is 0 Å². The first-order valence-corrected chi connectivity index (χ1v) is 6.37. The van der Waals surface area contributed by atoms with E-state index >= 15 is 0 Å². The predicted molar refractivity (Wildman–Crippen MR) is 76.3 cm³/mol. The van der Waals surface area contributed by atoms with Gasteiger partial charge in [0.1, 0.15) is 0 Å². The molecule has 0 bridgehead atoms. The molecule has 106 valence electrons. The van der Waals surface area contributed by atoms with E-state index in [9.17, 15) is 4.79 Å². The van der Waals surface area contributed by atoms with Gasteiger partial charge in [-0.3, -0.25) is 9.48 Å². The highest BCUT2D eigenvalue weighted by Crippen LogP contribution is 2.18. The van der Waals surface area contributed by atoms with Crippen LogP contribution in [0.4, 0.5) is 5.82 Å². The third-order valence-electron chi connectivity index (χ3n) is 2.68. The van der Waals surface area contributed by atoms with E-state index in [2.05, 4.69) is 20.8 Å². The first-order valence-electron chi connectivity index (χ1n) is 5.99. The Kier molecular flexibility index (Phi) is 4.54. The van der Waals surface area contributed by atoms with Crippen LogP contribution in [0.1, 0.15) is 16.1 Å². The number of aromatic nitrogens is 3. The molecule has 0 aliphatic heterocycles. The topological polar surface area (TPSA) is 97.9 Å². The van der Waals surface area contributed by atoms with E-state index in [1.54, 1.807) is 4.68 Å². The Hall–Kier alpha value is -2.12. The van der Waals surface area contributed by atoms with Crippen molar-refractivity contribution in [2.24, 2.45) is 12.9 Å². The van der Waals surface area contributed by atoms with Crippen LogP contribution in [0.5, 0.6) is 0 Å². The summed E-state index contributed by atoms with van der Waals surface area (Å²) in [5, 5.41) is 7.31. The van der Waals surface area contributed by atoms with Gasteiger partial charge in [0.15, 0.2) is 5.82 Å². The molecule has 2 aromatic heterocycles. The van der Waals surface area contributed by atoms with E-state index in [4.69, 9.17) is 17.4 Å². The number of anilines is 1. The highest BCUT2D eigenvalue weighted by atomic mass is 35.5. The molecule has 0 aliphatic carbocycles. The third kappa shape index (κ3) is 3.46. The number of pyridine rings is 1. The lowest BCUT2D eigenvalue weighted by Gasteiger charge is -2.06. The molecule has 0 fully saturated rings. The molecule has 0 unspecified atom stereocenters. The zero-order valence-corrected chi connectivity index (χ0v) is 11.7. The van der Waals surface area contributed by atoms with E-state index in [0.717, 1.165) is 5.69 Å². The summed E-state index contributed by atoms with van der Waals surface area (Å²) in [4.78, 5) is 15.8. The van der Waals surface area contributed by atoms with Crippen molar-refractivity contribution in [3.05, 3.63) is 40.8 Å². The van der Waals surface area contributed by atoms with Crippen molar-refractivity contribution >= 4 is 23.3 Å². The lowest BCUT2D eigenvalue weighted by Crippen LogP contribution is -2.26. The van der Waals surface area contributed by atoms with Gasteiger partial charge < -0.3 is 10.7 Å². The molecule has 20 heavy (non-hydrogen) atoms. The van der Waals surface area contributed by atoms with Crippen LogP contribution < -0.4 is 16.6 Å². The average molecular weight is 295 g/mol. The van der Waals surface area contributed by atoms with Crippen LogP contribution in [-0.4, -0.2) is 27.2 Å². The van der Waals surface area contributed by atoms with Crippen molar-refractivity contribution in [2.45, 2.75) is 6.42 Å². The van der Waals surface area contributed by atoms with Crippen LogP contribution in [0.3, 0.4) is 0 Å². The number of nitrogen functional groups attached to an aromatic ring is 1. The van der Waals surface area contributed by atoms with Crippen molar-refractivity contribution in [2.75, 3.05) is 12.0 Å². The minimum Gasteiger partial charge on any atom is -0.352 e. The molecule has 1 amide bonds. The molecule has 7 nitrogen and oxygen atoms in total. The number of hydrogen-bond donors (Lipinski definition) is 3. The van der Waals surface area contributed by atoms with Crippen LogP contribution in [-0.2, 0) is 13.5 Å². The number of amides is 1. The van der Waals surface area contributed by atoms with Crippen molar-refractivity contribution in [1.82, 2.24) is 20.1 Å². The van der Waals surface area contributed by atoms with Gasteiger partial charge >= 0.3 is 0 Å². The molecule has 0 spiro atoms. The number of carbonyl (C=O) groups excluding carboxylic acids is 1. The van der Waals surface area contributed by atoms with Gasteiger partial charge in [0.05, 0.1) is 16.3 Å². The smallest absolute Gasteiger partial charge is 0.252 e. The molecule has 0 aliphatic rings. The molecule has 0 saturated heterocycles. The molecule has 0 saturated carbocycles. The normalized spacial score (nSPS) is 10.3. The molecule has 0 radical (unpaired) electrons. The molecule has 2 heterocycles. The van der Waals surface area contributed by atoms with Crippen LogP contribution in [0.2, 0.25) is 5.02 Å². The van der Waals surface area contributed by atoms with Gasteiger partial charge in [-0.25, -0.2) is 10.8 Å². The van der Waals surface area contributed by atoms with Crippen LogP contribution >= 0.6 is 11.6 Å². The van der Waals surface area contributed by atoms with Crippen molar-refractivity contribution in [1.29, 1.82) is 0 Å². The fourth-order valence-electron chi connectivity index (χ4n) is 1.67. The van der Waals surface area contributed by atoms with E-state index in [1.807, 2.05) is 19.3 Å². The second-order valence-electron chi connectivity index (χ2n) is 4.19. The first kappa shape index (κ1) is 14.3. The molecular formula is C12H15ClN6O. The van der Waals surface area contributed by atoms with Gasteiger partial charge in [0, 0.05) is 32.4 Å². The fraction of sp³-hybridized carbons (Fsp3) is 0.250. The maximum Gasteiger partial charge on any atom is 0.252 e. The molecular weight excluding hydrogens is 280 g/mol. The van der Waals surface area contributed by atoms with E-state index in [1.165, 1.54) is 12.3 Å². The number of hydrogen-bond acceptors (Lipinski definition) is 5. The summed E-state index contributed by atoms with van der Waals surface area (Å²) < 4.78 is 1.72. The van der Waals surface area contributed by atoms with E-state index in [0.29, 0.717) is 29.4 Å². The van der Waals surface area contributed by atoms with Gasteiger partial charge in [-0.1, -0.05) is 11.6 Å². The van der Waals surface area contributed by atoms with E-state index < -0.39 is 0 Å². The fourth-order valence-corrected chi connectivity index (χ4v) is 1.89. The lowest BCUT2D eigenvalue weighted by atomic mass is 10.2. The van der Waals surface area contributed by atoms with Gasteiger partial charge in [-0.05, 0) is 12.1 Å². The highest BCUT2D eigenvalue weighted by Gasteiger charge is 2.09. The summed E-state index contributed by atoms with van der Waals surface area (Å²) >= 11 is 5.91. The Balaban J connectivity index is 1.90. The molecule has 2 rings (SSSR count). The Labute approximate surface area is 121 Å². The lowest BCUT2D eigenvalue weighted by molar-refractivity contribution is 0.0953. The predicted octanol–water partition coefficient (Wildman–Crippen LogP) is 0.727. The van der Waals surface area contributed by atoms with E-state index in [-0.39, 0.29) is 5.91 Å². The Morgan fingerprint density at radius 2 is 2.35 bits per heavy atom. The standard InChI is InChI=1S/C12H15ClN6O/c1-19-5-3-9(18-19)2-4-15-12(20)8-6-10(13)11(17-14)16-7-8/h3,5-7H,2,4,14H2,1H3,(H,15,20)(H,16,17). The number of hydrazine groups is 1. The average Bonchev–Trinajstić information content (AvgIpc) is 2.84. The first-order chi connectivity index (χ1) is 9.60. The molecule has 2 aromatic rings. The summed E-state index contributed by atoms with van der Waals surface area (Å²) in [5.41, 5.74) is 3.65. The third-order valence-corrected chi connectivity index (χ3v) is 2.96. The summed E-state index contributed by atoms with van der Waals surface area (Å²) in [6.07, 6.45) is 3.94. The zero-order chi connectivity index (χ0) is 14.5. The van der Waals surface area contributed by atoms with Gasteiger partial charge in [-0.2, -0.15) is 5.10 Å². The zero-order valence-electron chi connectivity index (χ0n) is 10.9. The highest BCUT2D eigenvalue weighted by molar-refractivity contribution is 6.33. The maximum atomic E-state index is 11.9. The molecule has 8 heteroatoms. The van der Waals surface area contributed by atoms with Crippen LogP contribution in [0.15, 0.2) is 24.5 Å².